The highest BCUT2D eigenvalue weighted by Crippen LogP contribution is 2.21. The van der Waals surface area contributed by atoms with E-state index in [0.29, 0.717) is 17.1 Å². The third-order valence-corrected chi connectivity index (χ3v) is 7.39. The zero-order valence-corrected chi connectivity index (χ0v) is 23.8. The molecular weight excluding hydrogens is 541 g/mol. The number of amides is 2. The molecule has 1 N–H and O–H groups in total. The number of carbonyl (C=O) groups is 2. The van der Waals surface area contributed by atoms with Gasteiger partial charge in [-0.05, 0) is 47.4 Å². The van der Waals surface area contributed by atoms with Gasteiger partial charge in [-0.1, -0.05) is 74.0 Å². The zero-order chi connectivity index (χ0) is 28.6. The maximum Gasteiger partial charge on any atom is 0.244 e. The van der Waals surface area contributed by atoms with Crippen LogP contribution in [-0.4, -0.2) is 50.5 Å². The molecule has 0 aliphatic heterocycles. The molecule has 0 saturated heterocycles. The van der Waals surface area contributed by atoms with Crippen LogP contribution in [0.3, 0.4) is 0 Å². The van der Waals surface area contributed by atoms with Gasteiger partial charge in [0.1, 0.15) is 18.4 Å². The molecule has 10 heteroatoms. The molecule has 3 aromatic carbocycles. The van der Waals surface area contributed by atoms with E-state index < -0.39 is 34.3 Å². The third-order valence-electron chi connectivity index (χ3n) is 6.00. The number of rotatable bonds is 12. The minimum Gasteiger partial charge on any atom is -0.354 e. The lowest BCUT2D eigenvalue weighted by Crippen LogP contribution is -2.53. The first kappa shape index (κ1) is 30.1. The van der Waals surface area contributed by atoms with Crippen LogP contribution in [0.5, 0.6) is 0 Å². The molecule has 208 valence electrons. The number of benzene rings is 3. The van der Waals surface area contributed by atoms with Gasteiger partial charge in [0.15, 0.2) is 0 Å². The molecule has 0 fully saturated rings. The maximum absolute atomic E-state index is 14.0. The van der Waals surface area contributed by atoms with Crippen LogP contribution in [0.4, 0.5) is 10.1 Å². The number of sulfonamides is 1. The minimum absolute atomic E-state index is 0.0150. The Morgan fingerprint density at radius 2 is 1.62 bits per heavy atom. The molecule has 0 bridgehead atoms. The maximum atomic E-state index is 14.0. The number of carbonyl (C=O) groups excluding carboxylic acids is 2. The summed E-state index contributed by atoms with van der Waals surface area (Å²) in [4.78, 5) is 28.8. The second-order valence-corrected chi connectivity index (χ2v) is 12.1. The van der Waals surface area contributed by atoms with Gasteiger partial charge in [0.2, 0.25) is 21.8 Å². The van der Waals surface area contributed by atoms with Gasteiger partial charge in [-0.25, -0.2) is 12.8 Å². The predicted molar refractivity (Wildman–Crippen MR) is 152 cm³/mol. The van der Waals surface area contributed by atoms with E-state index in [1.54, 1.807) is 24.3 Å². The van der Waals surface area contributed by atoms with Gasteiger partial charge in [0, 0.05) is 24.5 Å². The Hall–Kier alpha value is -3.43. The van der Waals surface area contributed by atoms with E-state index in [-0.39, 0.29) is 30.5 Å². The van der Waals surface area contributed by atoms with Crippen molar-refractivity contribution in [2.75, 3.05) is 23.7 Å². The minimum atomic E-state index is -3.97. The first-order valence-corrected chi connectivity index (χ1v) is 14.8. The van der Waals surface area contributed by atoms with E-state index in [9.17, 15) is 22.4 Å². The molecule has 0 aliphatic rings. The zero-order valence-electron chi connectivity index (χ0n) is 22.2. The molecule has 3 aromatic rings. The van der Waals surface area contributed by atoms with E-state index in [1.807, 2.05) is 44.2 Å². The van der Waals surface area contributed by atoms with E-state index in [0.717, 1.165) is 22.2 Å². The fraction of sp³-hybridized carbons (Fsp3) is 0.310. The van der Waals surface area contributed by atoms with Crippen LogP contribution < -0.4 is 9.62 Å². The number of nitrogens with one attached hydrogen (secondary N) is 1. The van der Waals surface area contributed by atoms with E-state index in [4.69, 9.17) is 11.6 Å². The van der Waals surface area contributed by atoms with Crippen LogP contribution in [0, 0.1) is 11.7 Å². The van der Waals surface area contributed by atoms with Crippen LogP contribution in [0.15, 0.2) is 78.9 Å². The van der Waals surface area contributed by atoms with Crippen LogP contribution in [0.1, 0.15) is 25.0 Å². The Kier molecular flexibility index (Phi) is 10.5. The van der Waals surface area contributed by atoms with Gasteiger partial charge < -0.3 is 10.2 Å². The molecule has 2 amide bonds. The highest BCUT2D eigenvalue weighted by molar-refractivity contribution is 7.92. The van der Waals surface area contributed by atoms with Crippen molar-refractivity contribution in [1.29, 1.82) is 0 Å². The molecular formula is C29H33ClFN3O4S. The van der Waals surface area contributed by atoms with Gasteiger partial charge in [0.25, 0.3) is 0 Å². The molecule has 0 aromatic heterocycles. The molecule has 0 radical (unpaired) electrons. The highest BCUT2D eigenvalue weighted by atomic mass is 35.5. The molecule has 3 rings (SSSR count). The molecule has 0 heterocycles. The molecule has 1 atom stereocenters. The van der Waals surface area contributed by atoms with E-state index >= 15 is 0 Å². The Morgan fingerprint density at radius 3 is 2.21 bits per heavy atom. The predicted octanol–water partition coefficient (Wildman–Crippen LogP) is 4.66. The van der Waals surface area contributed by atoms with E-state index in [1.165, 1.54) is 23.1 Å². The summed E-state index contributed by atoms with van der Waals surface area (Å²) in [7, 11) is -3.97. The Bertz CT molecular complexity index is 1370. The number of hydrogen-bond acceptors (Lipinski definition) is 4. The van der Waals surface area contributed by atoms with Crippen molar-refractivity contribution >= 4 is 39.1 Å². The smallest absolute Gasteiger partial charge is 0.244 e. The van der Waals surface area contributed by atoms with Crippen molar-refractivity contribution in [2.45, 2.75) is 32.9 Å². The first-order valence-electron chi connectivity index (χ1n) is 12.5. The van der Waals surface area contributed by atoms with Crippen molar-refractivity contribution in [3.05, 3.63) is 101 Å². The lowest BCUT2D eigenvalue weighted by atomic mass is 10.0. The molecule has 0 unspecified atom stereocenters. The quantitative estimate of drug-likeness (QED) is 0.341. The Morgan fingerprint density at radius 1 is 0.949 bits per heavy atom. The molecule has 0 spiro atoms. The Balaban J connectivity index is 2.04. The molecule has 0 saturated carbocycles. The normalized spacial score (nSPS) is 12.2. The summed E-state index contributed by atoms with van der Waals surface area (Å²) >= 11 is 6.05. The first-order chi connectivity index (χ1) is 18.4. The number of hydrogen-bond donors (Lipinski definition) is 1. The van der Waals surface area contributed by atoms with Crippen molar-refractivity contribution in [1.82, 2.24) is 10.2 Å². The SMILES string of the molecule is CC(C)CNC(=O)[C@H](Cc1ccccc1)N(Cc1ccc(Cl)cc1)C(=O)CN(c1cccc(F)c1)S(C)(=O)=O. The van der Waals surface area contributed by atoms with Crippen molar-refractivity contribution in [2.24, 2.45) is 5.92 Å². The molecule has 0 aliphatic carbocycles. The highest BCUT2D eigenvalue weighted by Gasteiger charge is 2.33. The van der Waals surface area contributed by atoms with Crippen molar-refractivity contribution in [3.8, 4) is 0 Å². The number of halogens is 2. The van der Waals surface area contributed by atoms with Gasteiger partial charge >= 0.3 is 0 Å². The summed E-state index contributed by atoms with van der Waals surface area (Å²) < 4.78 is 40.2. The van der Waals surface area contributed by atoms with Crippen LogP contribution in [-0.2, 0) is 32.6 Å². The summed E-state index contributed by atoms with van der Waals surface area (Å²) in [6.07, 6.45) is 1.16. The topological polar surface area (TPSA) is 86.8 Å². The second kappa shape index (κ2) is 13.6. The lowest BCUT2D eigenvalue weighted by Gasteiger charge is -2.33. The molecule has 7 nitrogen and oxygen atoms in total. The lowest BCUT2D eigenvalue weighted by molar-refractivity contribution is -0.140. The summed E-state index contributed by atoms with van der Waals surface area (Å²) in [5.74, 6) is -1.42. The van der Waals surface area contributed by atoms with E-state index in [2.05, 4.69) is 5.32 Å². The second-order valence-electron chi connectivity index (χ2n) is 9.74. The summed E-state index contributed by atoms with van der Waals surface area (Å²) in [6.45, 7) is 3.76. The summed E-state index contributed by atoms with van der Waals surface area (Å²) in [6, 6.07) is 20.2. The molecule has 39 heavy (non-hydrogen) atoms. The van der Waals surface area contributed by atoms with Gasteiger partial charge in [-0.3, -0.25) is 13.9 Å². The standard InChI is InChI=1S/C29H33ClFN3O4S/c1-21(2)18-32-29(36)27(16-22-8-5-4-6-9-22)33(19-23-12-14-24(30)15-13-23)28(35)20-34(39(3,37)38)26-11-7-10-25(31)17-26/h4-15,17,21,27H,16,18-20H2,1-3H3,(H,32,36)/t27-/m0/s1. The summed E-state index contributed by atoms with van der Waals surface area (Å²) in [5, 5.41) is 3.44. The largest absolute Gasteiger partial charge is 0.354 e. The summed E-state index contributed by atoms with van der Waals surface area (Å²) in [5.41, 5.74) is 1.56. The van der Waals surface area contributed by atoms with Crippen molar-refractivity contribution < 1.29 is 22.4 Å². The van der Waals surface area contributed by atoms with Gasteiger partial charge in [-0.15, -0.1) is 0 Å². The van der Waals surface area contributed by atoms with Crippen LogP contribution >= 0.6 is 11.6 Å². The van der Waals surface area contributed by atoms with Crippen molar-refractivity contribution in [3.63, 3.8) is 0 Å². The van der Waals surface area contributed by atoms with Crippen LogP contribution in [0.2, 0.25) is 5.02 Å². The number of anilines is 1. The fourth-order valence-electron chi connectivity index (χ4n) is 4.01. The van der Waals surface area contributed by atoms with Gasteiger partial charge in [0.05, 0.1) is 11.9 Å². The monoisotopic (exact) mass is 573 g/mol. The third kappa shape index (κ3) is 9.07. The number of nitrogens with zero attached hydrogens (tertiary/aromatic N) is 2. The fourth-order valence-corrected chi connectivity index (χ4v) is 4.98. The average Bonchev–Trinajstić information content (AvgIpc) is 2.88. The average molecular weight is 574 g/mol. The van der Waals surface area contributed by atoms with Gasteiger partial charge in [-0.2, -0.15) is 0 Å². The Labute approximate surface area is 234 Å². The van der Waals surface area contributed by atoms with Crippen LogP contribution in [0.25, 0.3) is 0 Å².